The van der Waals surface area contributed by atoms with Crippen LogP contribution in [0.15, 0.2) is 18.5 Å². The summed E-state index contributed by atoms with van der Waals surface area (Å²) in [4.78, 5) is 11.7. The molecular formula is C6H9N3O2. The highest BCUT2D eigenvalue weighted by molar-refractivity contribution is 5.74. The third kappa shape index (κ3) is 1.96. The van der Waals surface area contributed by atoms with Gasteiger partial charge in [-0.15, -0.1) is 0 Å². The van der Waals surface area contributed by atoms with Crippen molar-refractivity contribution in [2.24, 2.45) is 0 Å². The Morgan fingerprint density at radius 3 is 3.00 bits per heavy atom. The lowest BCUT2D eigenvalue weighted by Gasteiger charge is -2.09. The molecule has 0 saturated heterocycles. The zero-order chi connectivity index (χ0) is 8.27. The van der Waals surface area contributed by atoms with Crippen LogP contribution >= 0.6 is 0 Å². The zero-order valence-electron chi connectivity index (χ0n) is 6.06. The second-order valence-electron chi connectivity index (χ2n) is 2.14. The minimum atomic E-state index is -0.902. The maximum absolute atomic E-state index is 10.3. The molecule has 5 heteroatoms. The van der Waals surface area contributed by atoms with Gasteiger partial charge in [-0.25, -0.2) is 4.79 Å². The van der Waals surface area contributed by atoms with Crippen molar-refractivity contribution in [1.29, 1.82) is 0 Å². The van der Waals surface area contributed by atoms with Crippen LogP contribution in [-0.2, 0) is 4.79 Å². The van der Waals surface area contributed by atoms with E-state index in [0.29, 0.717) is 0 Å². The number of aromatic nitrogens is 2. The van der Waals surface area contributed by atoms with Crippen LogP contribution in [0.1, 0.15) is 6.92 Å². The smallest absolute Gasteiger partial charge is 0.327 e. The van der Waals surface area contributed by atoms with E-state index >= 15 is 0 Å². The first-order chi connectivity index (χ1) is 5.20. The molecule has 0 aromatic carbocycles. The van der Waals surface area contributed by atoms with Crippen molar-refractivity contribution < 1.29 is 9.90 Å². The Labute approximate surface area is 63.6 Å². The van der Waals surface area contributed by atoms with Gasteiger partial charge < -0.3 is 5.11 Å². The van der Waals surface area contributed by atoms with E-state index in [2.05, 4.69) is 10.5 Å². The van der Waals surface area contributed by atoms with Crippen LogP contribution < -0.4 is 5.43 Å². The molecule has 5 nitrogen and oxygen atoms in total. The molecule has 2 N–H and O–H groups in total. The van der Waals surface area contributed by atoms with Crippen LogP contribution in [0, 0.1) is 0 Å². The highest BCUT2D eigenvalue weighted by Gasteiger charge is 2.08. The Hall–Kier alpha value is -1.52. The summed E-state index contributed by atoms with van der Waals surface area (Å²) in [5, 5.41) is 12.3. The highest BCUT2D eigenvalue weighted by atomic mass is 16.4. The predicted molar refractivity (Wildman–Crippen MR) is 38.7 cm³/mol. The van der Waals surface area contributed by atoms with Crippen LogP contribution in [0.3, 0.4) is 0 Å². The summed E-state index contributed by atoms with van der Waals surface area (Å²) in [6, 6.07) is 1.08. The molecule has 0 aliphatic heterocycles. The van der Waals surface area contributed by atoms with Gasteiger partial charge in [0.2, 0.25) is 0 Å². The monoisotopic (exact) mass is 155 g/mol. The number of nitrogens with zero attached hydrogens (tertiary/aromatic N) is 2. The molecule has 1 unspecified atom stereocenters. The summed E-state index contributed by atoms with van der Waals surface area (Å²) < 4.78 is 0. The summed E-state index contributed by atoms with van der Waals surface area (Å²) in [6.07, 6.45) is 3.21. The van der Waals surface area contributed by atoms with Gasteiger partial charge >= 0.3 is 5.97 Å². The van der Waals surface area contributed by atoms with Gasteiger partial charge in [-0.05, 0) is 13.0 Å². The lowest BCUT2D eigenvalue weighted by molar-refractivity contribution is -0.137. The van der Waals surface area contributed by atoms with E-state index in [1.54, 1.807) is 25.4 Å². The molecule has 0 saturated carbocycles. The van der Waals surface area contributed by atoms with Crippen molar-refractivity contribution in [1.82, 2.24) is 9.89 Å². The van der Waals surface area contributed by atoms with Crippen LogP contribution in [0.4, 0.5) is 0 Å². The molecule has 1 aromatic heterocycles. The Bertz CT molecular complexity index is 232. The topological polar surface area (TPSA) is 67.2 Å². The highest BCUT2D eigenvalue weighted by Crippen LogP contribution is 1.85. The Morgan fingerprint density at radius 2 is 2.55 bits per heavy atom. The lowest BCUT2D eigenvalue weighted by Crippen LogP contribution is -2.32. The number of carboxylic acids is 1. The number of nitrogens with one attached hydrogen (secondary N) is 1. The molecular weight excluding hydrogens is 146 g/mol. The fraction of sp³-hybridized carbons (Fsp3) is 0.333. The first-order valence-electron chi connectivity index (χ1n) is 3.19. The third-order valence-electron chi connectivity index (χ3n) is 1.20. The molecule has 60 valence electrons. The van der Waals surface area contributed by atoms with E-state index in [-0.39, 0.29) is 0 Å². The molecule has 0 spiro atoms. The number of hydrogen-bond acceptors (Lipinski definition) is 3. The standard InChI is InChI=1S/C6H9N3O2/c1-5(6(10)11)8-9-4-2-3-7-9/h2-5,8H,1H3,(H,10,11). The number of aliphatic carboxylic acids is 1. The van der Waals surface area contributed by atoms with Crippen molar-refractivity contribution in [3.63, 3.8) is 0 Å². The van der Waals surface area contributed by atoms with Crippen molar-refractivity contribution in [2.75, 3.05) is 5.43 Å². The second-order valence-corrected chi connectivity index (χ2v) is 2.14. The molecule has 0 aliphatic rings. The molecule has 1 heterocycles. The SMILES string of the molecule is CC(Nn1cccn1)C(=O)O. The zero-order valence-corrected chi connectivity index (χ0v) is 6.06. The molecule has 11 heavy (non-hydrogen) atoms. The van der Waals surface area contributed by atoms with Gasteiger partial charge in [0.1, 0.15) is 6.04 Å². The molecule has 1 aromatic rings. The van der Waals surface area contributed by atoms with E-state index in [1.165, 1.54) is 4.79 Å². The summed E-state index contributed by atoms with van der Waals surface area (Å²) in [5.74, 6) is -0.902. The summed E-state index contributed by atoms with van der Waals surface area (Å²) in [7, 11) is 0. The summed E-state index contributed by atoms with van der Waals surface area (Å²) in [6.45, 7) is 1.55. The minimum absolute atomic E-state index is 0.630. The Morgan fingerprint density at radius 1 is 1.82 bits per heavy atom. The normalized spacial score (nSPS) is 12.5. The Kier molecular flexibility index (Phi) is 2.10. The van der Waals surface area contributed by atoms with Gasteiger partial charge in [-0.1, -0.05) is 0 Å². The predicted octanol–water partition coefficient (Wildman–Crippen LogP) is -0.100. The first-order valence-corrected chi connectivity index (χ1v) is 3.19. The molecule has 0 bridgehead atoms. The van der Waals surface area contributed by atoms with Gasteiger partial charge in [-0.2, -0.15) is 9.89 Å². The number of rotatable bonds is 3. The van der Waals surface area contributed by atoms with Crippen LogP contribution in [-0.4, -0.2) is 27.0 Å². The largest absolute Gasteiger partial charge is 0.480 e. The lowest BCUT2D eigenvalue weighted by atomic mass is 10.4. The summed E-state index contributed by atoms with van der Waals surface area (Å²) in [5.41, 5.74) is 2.63. The van der Waals surface area contributed by atoms with E-state index < -0.39 is 12.0 Å². The molecule has 0 aliphatic carbocycles. The second kappa shape index (κ2) is 3.05. The van der Waals surface area contributed by atoms with Crippen molar-refractivity contribution >= 4 is 5.97 Å². The molecule has 1 rings (SSSR count). The van der Waals surface area contributed by atoms with E-state index in [4.69, 9.17) is 5.11 Å². The van der Waals surface area contributed by atoms with Gasteiger partial charge in [0.15, 0.2) is 0 Å². The summed E-state index contributed by atoms with van der Waals surface area (Å²) >= 11 is 0. The van der Waals surface area contributed by atoms with Crippen LogP contribution in [0.5, 0.6) is 0 Å². The fourth-order valence-electron chi connectivity index (χ4n) is 0.599. The molecule has 0 fully saturated rings. The molecule has 0 radical (unpaired) electrons. The van der Waals surface area contributed by atoms with Crippen molar-refractivity contribution in [3.8, 4) is 0 Å². The number of carbonyl (C=O) groups is 1. The van der Waals surface area contributed by atoms with E-state index in [9.17, 15) is 4.79 Å². The van der Waals surface area contributed by atoms with Gasteiger partial charge in [0, 0.05) is 6.20 Å². The maximum atomic E-state index is 10.3. The van der Waals surface area contributed by atoms with Crippen molar-refractivity contribution in [2.45, 2.75) is 13.0 Å². The molecule has 1 atom stereocenters. The third-order valence-corrected chi connectivity index (χ3v) is 1.20. The molecule has 0 amide bonds. The number of carboxylic acid groups (broad SMARTS) is 1. The van der Waals surface area contributed by atoms with Crippen molar-refractivity contribution in [3.05, 3.63) is 18.5 Å². The van der Waals surface area contributed by atoms with E-state index in [0.717, 1.165) is 0 Å². The quantitative estimate of drug-likeness (QED) is 0.639. The first kappa shape index (κ1) is 7.59. The maximum Gasteiger partial charge on any atom is 0.327 e. The minimum Gasteiger partial charge on any atom is -0.480 e. The number of hydrogen-bond donors (Lipinski definition) is 2. The van der Waals surface area contributed by atoms with Gasteiger partial charge in [0.05, 0.1) is 6.20 Å². The average molecular weight is 155 g/mol. The van der Waals surface area contributed by atoms with Gasteiger partial charge in [0.25, 0.3) is 0 Å². The van der Waals surface area contributed by atoms with Crippen LogP contribution in [0.2, 0.25) is 0 Å². The van der Waals surface area contributed by atoms with Gasteiger partial charge in [-0.3, -0.25) is 5.43 Å². The van der Waals surface area contributed by atoms with E-state index in [1.807, 2.05) is 0 Å². The van der Waals surface area contributed by atoms with Crippen LogP contribution in [0.25, 0.3) is 0 Å². The fourth-order valence-corrected chi connectivity index (χ4v) is 0.599. The Balaban J connectivity index is 2.50. The average Bonchev–Trinajstić information content (AvgIpc) is 2.39.